The Morgan fingerprint density at radius 2 is 2.04 bits per heavy atom. The molecule has 134 valence electrons. The monoisotopic (exact) mass is 358 g/mol. The summed E-state index contributed by atoms with van der Waals surface area (Å²) in [4.78, 5) is 16.8. The zero-order valence-electron chi connectivity index (χ0n) is 15.0. The first-order chi connectivity index (χ1) is 12.1. The van der Waals surface area contributed by atoms with Crippen molar-refractivity contribution in [1.82, 2.24) is 10.3 Å². The first kappa shape index (κ1) is 18.1. The molecule has 0 radical (unpaired) electrons. The number of nitrogens with zero attached hydrogens (tertiary/aromatic N) is 1. The number of nitrogens with one attached hydrogen (secondary N) is 1. The van der Waals surface area contributed by atoms with Gasteiger partial charge in [0.1, 0.15) is 5.76 Å². The van der Waals surface area contributed by atoms with Crippen molar-refractivity contribution in [3.05, 3.63) is 41.8 Å². The molecule has 1 fully saturated rings. The van der Waals surface area contributed by atoms with Gasteiger partial charge in [-0.2, -0.15) is 0 Å². The zero-order valence-corrected chi connectivity index (χ0v) is 15.8. The van der Waals surface area contributed by atoms with E-state index in [0.29, 0.717) is 29.4 Å². The standard InChI is InChI=1S/C20H26N2O2S/c1-14-8-6-7-11-17(14)21-19(23)13-25-12-18-15(2)24-20(22-18)16-9-4-3-5-10-16/h3-5,9-10,14,17H,6-8,11-13H2,1-2H3,(H,21,23)/t14-,17-/m1/s1. The SMILES string of the molecule is Cc1oc(-c2ccccc2)nc1CSCC(=O)N[C@@H]1CCCC[C@H]1C. The highest BCUT2D eigenvalue weighted by atomic mass is 32.2. The molecule has 0 aliphatic heterocycles. The molecule has 3 rings (SSSR count). The molecule has 25 heavy (non-hydrogen) atoms. The van der Waals surface area contributed by atoms with Gasteiger partial charge >= 0.3 is 0 Å². The molecular formula is C20H26N2O2S. The number of hydrogen-bond donors (Lipinski definition) is 1. The van der Waals surface area contributed by atoms with Crippen molar-refractivity contribution in [2.45, 2.75) is 51.3 Å². The second kappa shape index (κ2) is 8.56. The van der Waals surface area contributed by atoms with Gasteiger partial charge in [-0.1, -0.05) is 38.0 Å². The Balaban J connectivity index is 1.49. The molecule has 1 amide bonds. The van der Waals surface area contributed by atoms with Crippen LogP contribution in [0.4, 0.5) is 0 Å². The molecular weight excluding hydrogens is 332 g/mol. The van der Waals surface area contributed by atoms with E-state index in [4.69, 9.17) is 4.42 Å². The third kappa shape index (κ3) is 4.88. The minimum atomic E-state index is 0.133. The van der Waals surface area contributed by atoms with Gasteiger partial charge in [0.15, 0.2) is 0 Å². The summed E-state index contributed by atoms with van der Waals surface area (Å²) in [6.45, 7) is 4.17. The predicted octanol–water partition coefficient (Wildman–Crippen LogP) is 4.58. The number of amides is 1. The minimum Gasteiger partial charge on any atom is -0.441 e. The summed E-state index contributed by atoms with van der Waals surface area (Å²) in [6.07, 6.45) is 4.85. The average Bonchev–Trinajstić information content (AvgIpc) is 2.99. The van der Waals surface area contributed by atoms with E-state index in [9.17, 15) is 4.79 Å². The first-order valence-corrected chi connectivity index (χ1v) is 10.2. The molecule has 5 heteroatoms. The number of carbonyl (C=O) groups excluding carboxylic acids is 1. The van der Waals surface area contributed by atoms with Crippen LogP contribution in [-0.4, -0.2) is 22.7 Å². The van der Waals surface area contributed by atoms with Crippen LogP contribution in [0.3, 0.4) is 0 Å². The van der Waals surface area contributed by atoms with E-state index in [1.165, 1.54) is 19.3 Å². The fourth-order valence-electron chi connectivity index (χ4n) is 3.29. The number of carbonyl (C=O) groups is 1. The van der Waals surface area contributed by atoms with Gasteiger partial charge in [0, 0.05) is 17.4 Å². The van der Waals surface area contributed by atoms with Crippen LogP contribution in [-0.2, 0) is 10.5 Å². The number of rotatable bonds is 6. The number of aryl methyl sites for hydroxylation is 1. The van der Waals surface area contributed by atoms with E-state index < -0.39 is 0 Å². The molecule has 4 nitrogen and oxygen atoms in total. The van der Waals surface area contributed by atoms with E-state index >= 15 is 0 Å². The van der Waals surface area contributed by atoms with Crippen LogP contribution < -0.4 is 5.32 Å². The van der Waals surface area contributed by atoms with Gasteiger partial charge in [0.25, 0.3) is 0 Å². The van der Waals surface area contributed by atoms with Crippen molar-refractivity contribution < 1.29 is 9.21 Å². The average molecular weight is 359 g/mol. The van der Waals surface area contributed by atoms with Crippen molar-refractivity contribution in [2.75, 3.05) is 5.75 Å². The molecule has 1 aromatic carbocycles. The van der Waals surface area contributed by atoms with Crippen LogP contribution in [0.5, 0.6) is 0 Å². The summed E-state index contributed by atoms with van der Waals surface area (Å²) in [7, 11) is 0. The van der Waals surface area contributed by atoms with Gasteiger partial charge in [-0.3, -0.25) is 4.79 Å². The summed E-state index contributed by atoms with van der Waals surface area (Å²) in [5.41, 5.74) is 1.90. The molecule has 1 aliphatic carbocycles. The van der Waals surface area contributed by atoms with Crippen LogP contribution in [0.25, 0.3) is 11.5 Å². The second-order valence-corrected chi connectivity index (χ2v) is 7.80. The number of hydrogen-bond acceptors (Lipinski definition) is 4. The van der Waals surface area contributed by atoms with Crippen LogP contribution in [0.15, 0.2) is 34.7 Å². The Hall–Kier alpha value is -1.75. The Labute approximate surface area is 153 Å². The Kier molecular flexibility index (Phi) is 6.19. The van der Waals surface area contributed by atoms with Crippen molar-refractivity contribution >= 4 is 17.7 Å². The lowest BCUT2D eigenvalue weighted by molar-refractivity contribution is -0.119. The maximum atomic E-state index is 12.2. The summed E-state index contributed by atoms with van der Waals surface area (Å²) in [5.74, 6) is 3.36. The predicted molar refractivity (Wildman–Crippen MR) is 102 cm³/mol. The van der Waals surface area contributed by atoms with Gasteiger partial charge < -0.3 is 9.73 Å². The van der Waals surface area contributed by atoms with E-state index in [1.54, 1.807) is 11.8 Å². The van der Waals surface area contributed by atoms with E-state index in [0.717, 1.165) is 23.4 Å². The number of oxazole rings is 1. The highest BCUT2D eigenvalue weighted by Crippen LogP contribution is 2.25. The van der Waals surface area contributed by atoms with Gasteiger partial charge in [-0.25, -0.2) is 4.98 Å². The molecule has 0 bridgehead atoms. The highest BCUT2D eigenvalue weighted by Gasteiger charge is 2.22. The van der Waals surface area contributed by atoms with Crippen LogP contribution in [0, 0.1) is 12.8 Å². The smallest absolute Gasteiger partial charge is 0.230 e. The molecule has 1 aliphatic rings. The lowest BCUT2D eigenvalue weighted by Gasteiger charge is -2.29. The molecule has 0 unspecified atom stereocenters. The van der Waals surface area contributed by atoms with Gasteiger partial charge in [0.05, 0.1) is 11.4 Å². The minimum absolute atomic E-state index is 0.133. The zero-order chi connectivity index (χ0) is 17.6. The van der Waals surface area contributed by atoms with Crippen LogP contribution in [0.1, 0.15) is 44.1 Å². The fraction of sp³-hybridized carbons (Fsp3) is 0.500. The molecule has 2 atom stereocenters. The highest BCUT2D eigenvalue weighted by molar-refractivity contribution is 7.99. The van der Waals surface area contributed by atoms with Crippen LogP contribution >= 0.6 is 11.8 Å². The van der Waals surface area contributed by atoms with E-state index in [-0.39, 0.29) is 5.91 Å². The number of benzene rings is 1. The lowest BCUT2D eigenvalue weighted by Crippen LogP contribution is -2.41. The maximum absolute atomic E-state index is 12.2. The quantitative estimate of drug-likeness (QED) is 0.821. The van der Waals surface area contributed by atoms with Gasteiger partial charge in [-0.05, 0) is 37.8 Å². The molecule has 1 saturated carbocycles. The maximum Gasteiger partial charge on any atom is 0.230 e. The molecule has 0 spiro atoms. The summed E-state index contributed by atoms with van der Waals surface area (Å²) in [5, 5.41) is 3.20. The van der Waals surface area contributed by atoms with Crippen molar-refractivity contribution in [2.24, 2.45) is 5.92 Å². The Bertz CT molecular complexity index is 699. The Morgan fingerprint density at radius 3 is 2.80 bits per heavy atom. The molecule has 2 aromatic rings. The Morgan fingerprint density at radius 1 is 1.28 bits per heavy atom. The van der Waals surface area contributed by atoms with E-state index in [1.807, 2.05) is 37.3 Å². The largest absolute Gasteiger partial charge is 0.441 e. The van der Waals surface area contributed by atoms with Crippen molar-refractivity contribution in [1.29, 1.82) is 0 Å². The summed E-state index contributed by atoms with van der Waals surface area (Å²) < 4.78 is 5.77. The second-order valence-electron chi connectivity index (χ2n) is 6.82. The van der Waals surface area contributed by atoms with Crippen LogP contribution in [0.2, 0.25) is 0 Å². The number of aromatic nitrogens is 1. The van der Waals surface area contributed by atoms with Gasteiger partial charge in [-0.15, -0.1) is 11.8 Å². The third-order valence-electron chi connectivity index (χ3n) is 4.84. The number of thioether (sulfide) groups is 1. The topological polar surface area (TPSA) is 55.1 Å². The van der Waals surface area contributed by atoms with Gasteiger partial charge in [0.2, 0.25) is 11.8 Å². The fourth-order valence-corrected chi connectivity index (χ4v) is 4.12. The molecule has 1 aromatic heterocycles. The normalized spacial score (nSPS) is 20.4. The molecule has 0 saturated heterocycles. The molecule has 1 N–H and O–H groups in total. The van der Waals surface area contributed by atoms with Crippen molar-refractivity contribution in [3.63, 3.8) is 0 Å². The third-order valence-corrected chi connectivity index (χ3v) is 5.79. The van der Waals surface area contributed by atoms with Crippen molar-refractivity contribution in [3.8, 4) is 11.5 Å². The van der Waals surface area contributed by atoms with E-state index in [2.05, 4.69) is 17.2 Å². The first-order valence-electron chi connectivity index (χ1n) is 9.02. The summed E-state index contributed by atoms with van der Waals surface area (Å²) in [6, 6.07) is 10.2. The lowest BCUT2D eigenvalue weighted by atomic mass is 9.86. The summed E-state index contributed by atoms with van der Waals surface area (Å²) >= 11 is 1.59. The molecule has 1 heterocycles.